The number of rotatable bonds is 1. The van der Waals surface area contributed by atoms with Crippen molar-refractivity contribution in [2.24, 2.45) is 58.7 Å². The normalized spacial score (nSPS) is 59.1. The Morgan fingerprint density at radius 2 is 2.04 bits per heavy atom. The first-order valence-electron chi connectivity index (χ1n) is 10.3. The van der Waals surface area contributed by atoms with Gasteiger partial charge in [0.1, 0.15) is 0 Å². The van der Waals surface area contributed by atoms with E-state index in [0.717, 1.165) is 54.3 Å². The van der Waals surface area contributed by atoms with Gasteiger partial charge in [-0.05, 0) is 97.4 Å². The SMILES string of the molecule is CC[C@]12CC[C@H]3[C@@H]([C@@H]4C[C@@H]4C4=CC(=O)CC[C@@H]43)[C@@H]1[C@@H]1C[C@@H]1[C@@H]2C#N. The molecule has 0 aromatic carbocycles. The summed E-state index contributed by atoms with van der Waals surface area (Å²) < 4.78 is 0. The van der Waals surface area contributed by atoms with Crippen molar-refractivity contribution in [3.8, 4) is 6.07 Å². The minimum atomic E-state index is 0.348. The van der Waals surface area contributed by atoms with Crippen LogP contribution in [-0.4, -0.2) is 5.78 Å². The molecule has 0 saturated heterocycles. The summed E-state index contributed by atoms with van der Waals surface area (Å²) in [5.74, 6) is 7.21. The molecule has 0 aliphatic heterocycles. The molecular formula is C22H27NO. The second-order valence-corrected chi connectivity index (χ2v) is 9.82. The molecule has 2 nitrogen and oxygen atoms in total. The minimum Gasteiger partial charge on any atom is -0.295 e. The van der Waals surface area contributed by atoms with Crippen molar-refractivity contribution in [2.45, 2.75) is 51.9 Å². The predicted molar refractivity (Wildman–Crippen MR) is 90.5 cm³/mol. The summed E-state index contributed by atoms with van der Waals surface area (Å²) in [5, 5.41) is 9.89. The highest BCUT2D eigenvalue weighted by molar-refractivity contribution is 5.91. The fraction of sp³-hybridized carbons (Fsp3) is 0.818. The van der Waals surface area contributed by atoms with Crippen LogP contribution in [0.25, 0.3) is 0 Å². The molecule has 0 aromatic rings. The zero-order chi connectivity index (χ0) is 16.2. The summed E-state index contributed by atoms with van der Waals surface area (Å²) in [6.07, 6.45) is 10.5. The number of allylic oxidation sites excluding steroid dienone is 1. The molecule has 10 atom stereocenters. The van der Waals surface area contributed by atoms with E-state index in [1.165, 1.54) is 32.1 Å². The molecule has 6 aliphatic rings. The summed E-state index contributed by atoms with van der Waals surface area (Å²) in [4.78, 5) is 12.0. The molecule has 6 rings (SSSR count). The van der Waals surface area contributed by atoms with E-state index in [0.29, 0.717) is 23.0 Å². The topological polar surface area (TPSA) is 40.9 Å². The molecule has 0 spiro atoms. The van der Waals surface area contributed by atoms with Crippen molar-refractivity contribution in [1.82, 2.24) is 0 Å². The average Bonchev–Trinajstić information content (AvgIpc) is 3.50. The van der Waals surface area contributed by atoms with Crippen molar-refractivity contribution >= 4 is 5.78 Å². The Morgan fingerprint density at radius 1 is 1.17 bits per heavy atom. The maximum Gasteiger partial charge on any atom is 0.155 e. The van der Waals surface area contributed by atoms with Crippen LogP contribution in [0, 0.1) is 70.0 Å². The van der Waals surface area contributed by atoms with Gasteiger partial charge in [0, 0.05) is 6.42 Å². The smallest absolute Gasteiger partial charge is 0.155 e. The monoisotopic (exact) mass is 321 g/mol. The van der Waals surface area contributed by atoms with Gasteiger partial charge in [0.25, 0.3) is 0 Å². The molecule has 0 radical (unpaired) electrons. The summed E-state index contributed by atoms with van der Waals surface area (Å²) in [7, 11) is 0. The van der Waals surface area contributed by atoms with E-state index in [4.69, 9.17) is 0 Å². The van der Waals surface area contributed by atoms with Gasteiger partial charge in [0.15, 0.2) is 5.78 Å². The lowest BCUT2D eigenvalue weighted by atomic mass is 9.49. The van der Waals surface area contributed by atoms with Crippen molar-refractivity contribution in [3.05, 3.63) is 11.6 Å². The Hall–Kier alpha value is -1.10. The number of nitriles is 1. The third-order valence-corrected chi connectivity index (χ3v) is 9.45. The molecular weight excluding hydrogens is 294 g/mol. The second-order valence-electron chi connectivity index (χ2n) is 9.82. The van der Waals surface area contributed by atoms with Crippen LogP contribution in [0.1, 0.15) is 51.9 Å². The van der Waals surface area contributed by atoms with Crippen molar-refractivity contribution in [2.75, 3.05) is 0 Å². The molecule has 2 heteroatoms. The van der Waals surface area contributed by atoms with Gasteiger partial charge in [-0.25, -0.2) is 0 Å². The van der Waals surface area contributed by atoms with E-state index < -0.39 is 0 Å². The van der Waals surface area contributed by atoms with E-state index in [1.54, 1.807) is 5.57 Å². The molecule has 126 valence electrons. The van der Waals surface area contributed by atoms with Crippen LogP contribution in [0.15, 0.2) is 11.6 Å². The molecule has 0 bridgehead atoms. The highest BCUT2D eigenvalue weighted by Crippen LogP contribution is 2.78. The van der Waals surface area contributed by atoms with Gasteiger partial charge in [-0.2, -0.15) is 5.26 Å². The van der Waals surface area contributed by atoms with Crippen LogP contribution in [-0.2, 0) is 4.79 Å². The highest BCUT2D eigenvalue weighted by Gasteiger charge is 2.73. The first-order valence-corrected chi connectivity index (χ1v) is 10.3. The van der Waals surface area contributed by atoms with Crippen LogP contribution in [0.2, 0.25) is 0 Å². The number of nitrogens with zero attached hydrogens (tertiary/aromatic N) is 1. The lowest BCUT2D eigenvalue weighted by molar-refractivity contribution is -0.116. The van der Waals surface area contributed by atoms with E-state index in [-0.39, 0.29) is 0 Å². The lowest BCUT2D eigenvalue weighted by Gasteiger charge is -2.55. The summed E-state index contributed by atoms with van der Waals surface area (Å²) in [6, 6.07) is 2.78. The Morgan fingerprint density at radius 3 is 2.83 bits per heavy atom. The Labute approximate surface area is 144 Å². The van der Waals surface area contributed by atoms with Gasteiger partial charge in [-0.15, -0.1) is 0 Å². The number of carbonyl (C=O) groups is 1. The molecule has 0 heterocycles. The van der Waals surface area contributed by atoms with Gasteiger partial charge in [-0.1, -0.05) is 12.5 Å². The van der Waals surface area contributed by atoms with E-state index >= 15 is 0 Å². The van der Waals surface area contributed by atoms with E-state index in [9.17, 15) is 10.1 Å². The van der Waals surface area contributed by atoms with Crippen LogP contribution in [0.4, 0.5) is 0 Å². The molecule has 0 aromatic heterocycles. The Kier molecular flexibility index (Phi) is 2.56. The van der Waals surface area contributed by atoms with Gasteiger partial charge in [0.05, 0.1) is 12.0 Å². The number of carbonyl (C=O) groups excluding carboxylic acids is 1. The number of hydrogen-bond acceptors (Lipinski definition) is 2. The number of hydrogen-bond donors (Lipinski definition) is 0. The second kappa shape index (κ2) is 4.35. The van der Waals surface area contributed by atoms with Crippen molar-refractivity contribution < 1.29 is 4.79 Å². The number of ketones is 1. The number of fused-ring (bicyclic) bond motifs is 10. The average molecular weight is 321 g/mol. The molecule has 24 heavy (non-hydrogen) atoms. The molecule has 5 fully saturated rings. The fourth-order valence-corrected chi connectivity index (χ4v) is 8.58. The van der Waals surface area contributed by atoms with Crippen molar-refractivity contribution in [3.63, 3.8) is 0 Å². The zero-order valence-electron chi connectivity index (χ0n) is 14.6. The standard InChI is InChI=1S/C22H27NO/c1-2-22-6-5-13-12-4-3-11(24)7-14(12)15-8-17(15)20(13)21(22)18-9-16(18)19(22)10-23/h7,12-13,15-21H,2-6,8-9H2,1H3/t12-,13-,15-,16+,17-,18-,19+,20+,21+,22-/m1/s1. The van der Waals surface area contributed by atoms with Crippen molar-refractivity contribution in [1.29, 1.82) is 5.26 Å². The van der Waals surface area contributed by atoms with E-state index in [2.05, 4.69) is 19.1 Å². The van der Waals surface area contributed by atoms with Gasteiger partial charge in [-0.3, -0.25) is 4.79 Å². The lowest BCUT2D eigenvalue weighted by Crippen LogP contribution is -2.50. The molecule has 5 saturated carbocycles. The maximum absolute atomic E-state index is 12.0. The fourth-order valence-electron chi connectivity index (χ4n) is 8.58. The quantitative estimate of drug-likeness (QED) is 0.719. The van der Waals surface area contributed by atoms with Gasteiger partial charge in [0.2, 0.25) is 0 Å². The van der Waals surface area contributed by atoms with Crippen LogP contribution < -0.4 is 0 Å². The van der Waals surface area contributed by atoms with E-state index in [1.807, 2.05) is 0 Å². The van der Waals surface area contributed by atoms with Crippen LogP contribution in [0.3, 0.4) is 0 Å². The third-order valence-electron chi connectivity index (χ3n) is 9.45. The molecule has 0 N–H and O–H groups in total. The zero-order valence-corrected chi connectivity index (χ0v) is 14.6. The van der Waals surface area contributed by atoms with Gasteiger partial charge >= 0.3 is 0 Å². The minimum absolute atomic E-state index is 0.348. The predicted octanol–water partition coefficient (Wildman–Crippen LogP) is 4.37. The van der Waals surface area contributed by atoms with Gasteiger partial charge < -0.3 is 0 Å². The molecule has 0 unspecified atom stereocenters. The maximum atomic E-state index is 12.0. The summed E-state index contributed by atoms with van der Waals surface area (Å²) in [6.45, 7) is 2.36. The summed E-state index contributed by atoms with van der Waals surface area (Å²) in [5.41, 5.74) is 1.91. The highest BCUT2D eigenvalue weighted by atomic mass is 16.1. The van der Waals surface area contributed by atoms with Crippen LogP contribution in [0.5, 0.6) is 0 Å². The largest absolute Gasteiger partial charge is 0.295 e. The third kappa shape index (κ3) is 1.48. The summed E-state index contributed by atoms with van der Waals surface area (Å²) >= 11 is 0. The first-order chi connectivity index (χ1) is 11.7. The van der Waals surface area contributed by atoms with Crippen LogP contribution >= 0.6 is 0 Å². The molecule has 0 amide bonds. The first kappa shape index (κ1) is 14.1. The Bertz CT molecular complexity index is 701. The molecule has 6 aliphatic carbocycles. The Balaban J connectivity index is 1.43.